The van der Waals surface area contributed by atoms with Gasteiger partial charge in [0.05, 0.1) is 4.47 Å². The van der Waals surface area contributed by atoms with E-state index in [-0.39, 0.29) is 13.2 Å². The van der Waals surface area contributed by atoms with E-state index in [1.165, 1.54) is 0 Å². The number of benzene rings is 1. The highest BCUT2D eigenvalue weighted by Gasteiger charge is 2.07. The Labute approximate surface area is 117 Å². The van der Waals surface area contributed by atoms with Crippen molar-refractivity contribution in [1.82, 2.24) is 0 Å². The maximum Gasteiger partial charge on any atom is 0.344 e. The third kappa shape index (κ3) is 5.37. The number of carbonyl (C=O) groups excluding carboxylic acids is 1. The van der Waals surface area contributed by atoms with Crippen molar-refractivity contribution in [2.75, 3.05) is 13.2 Å². The minimum Gasteiger partial charge on any atom is -0.481 e. The topological polar surface area (TPSA) is 35.5 Å². The minimum atomic E-state index is -0.414. The lowest BCUT2D eigenvalue weighted by molar-refractivity contribution is -0.145. The molecule has 0 spiro atoms. The van der Waals surface area contributed by atoms with E-state index in [1.807, 2.05) is 12.1 Å². The van der Waals surface area contributed by atoms with Crippen molar-refractivity contribution in [2.45, 2.75) is 6.92 Å². The normalized spacial score (nSPS) is 9.82. The zero-order valence-electron chi connectivity index (χ0n) is 9.33. The molecule has 0 saturated heterocycles. The van der Waals surface area contributed by atoms with Gasteiger partial charge in [0.1, 0.15) is 12.4 Å². The fraction of sp³-hybridized carbons (Fsp3) is 0.250. The second kappa shape index (κ2) is 6.81. The Hall–Kier alpha value is -0.810. The molecule has 3 nitrogen and oxygen atoms in total. The van der Waals surface area contributed by atoms with E-state index in [0.29, 0.717) is 5.75 Å². The molecular weight excluding hydrogens is 352 g/mol. The van der Waals surface area contributed by atoms with Gasteiger partial charge >= 0.3 is 5.97 Å². The molecule has 0 fully saturated rings. The van der Waals surface area contributed by atoms with E-state index >= 15 is 0 Å². The van der Waals surface area contributed by atoms with Crippen LogP contribution in [0.1, 0.15) is 6.92 Å². The Kier molecular flexibility index (Phi) is 5.71. The molecule has 1 rings (SSSR count). The molecule has 17 heavy (non-hydrogen) atoms. The first kappa shape index (κ1) is 14.3. The quantitative estimate of drug-likeness (QED) is 0.591. The van der Waals surface area contributed by atoms with Gasteiger partial charge < -0.3 is 9.47 Å². The van der Waals surface area contributed by atoms with Gasteiger partial charge in [0.2, 0.25) is 0 Å². The number of halogens is 2. The Balaban J connectivity index is 2.44. The molecule has 0 bridgehead atoms. The van der Waals surface area contributed by atoms with Gasteiger partial charge in [0.15, 0.2) is 6.61 Å². The van der Waals surface area contributed by atoms with Crippen molar-refractivity contribution in [1.29, 1.82) is 0 Å². The predicted octanol–water partition coefficient (Wildman–Crippen LogP) is 3.71. The lowest BCUT2D eigenvalue weighted by atomic mass is 10.3. The standard InChI is InChI=1S/C12H12Br2O3/c1-8(2)6-17-12(15)7-16-11-4-3-9(13)5-10(11)14/h3-5H,1,6-7H2,2H3. The SMILES string of the molecule is C=C(C)COC(=O)COc1ccc(Br)cc1Br. The highest BCUT2D eigenvalue weighted by atomic mass is 79.9. The van der Waals surface area contributed by atoms with E-state index in [1.54, 1.807) is 13.0 Å². The first-order valence-corrected chi connectivity index (χ1v) is 6.45. The molecule has 0 atom stereocenters. The number of esters is 1. The first-order valence-electron chi connectivity index (χ1n) is 4.87. The van der Waals surface area contributed by atoms with Gasteiger partial charge in [0.25, 0.3) is 0 Å². The van der Waals surface area contributed by atoms with Crippen LogP contribution in [0.3, 0.4) is 0 Å². The van der Waals surface area contributed by atoms with Crippen molar-refractivity contribution in [3.63, 3.8) is 0 Å². The molecule has 0 saturated carbocycles. The van der Waals surface area contributed by atoms with Crippen molar-refractivity contribution >= 4 is 37.8 Å². The van der Waals surface area contributed by atoms with Crippen molar-refractivity contribution < 1.29 is 14.3 Å². The third-order valence-corrected chi connectivity index (χ3v) is 2.83. The average Bonchev–Trinajstić information content (AvgIpc) is 2.25. The van der Waals surface area contributed by atoms with Gasteiger partial charge in [-0.3, -0.25) is 0 Å². The average molecular weight is 364 g/mol. The molecule has 0 radical (unpaired) electrons. The smallest absolute Gasteiger partial charge is 0.344 e. The summed E-state index contributed by atoms with van der Waals surface area (Å²) >= 11 is 6.67. The summed E-state index contributed by atoms with van der Waals surface area (Å²) < 4.78 is 11.9. The van der Waals surface area contributed by atoms with Gasteiger partial charge in [-0.2, -0.15) is 0 Å². The fourth-order valence-electron chi connectivity index (χ4n) is 0.974. The number of carbonyl (C=O) groups is 1. The lowest BCUT2D eigenvalue weighted by Crippen LogP contribution is -2.15. The molecule has 1 aromatic rings. The van der Waals surface area contributed by atoms with Crippen LogP contribution in [0.5, 0.6) is 5.75 Å². The van der Waals surface area contributed by atoms with Gasteiger partial charge in [-0.25, -0.2) is 4.79 Å². The van der Waals surface area contributed by atoms with E-state index in [0.717, 1.165) is 14.5 Å². The van der Waals surface area contributed by atoms with Crippen LogP contribution >= 0.6 is 31.9 Å². The number of ether oxygens (including phenoxy) is 2. The highest BCUT2D eigenvalue weighted by molar-refractivity contribution is 9.11. The van der Waals surface area contributed by atoms with E-state index in [9.17, 15) is 4.79 Å². The van der Waals surface area contributed by atoms with Crippen LogP contribution in [0.15, 0.2) is 39.3 Å². The molecule has 0 aliphatic rings. The van der Waals surface area contributed by atoms with Gasteiger partial charge in [-0.05, 0) is 46.6 Å². The number of hydrogen-bond acceptors (Lipinski definition) is 3. The highest BCUT2D eigenvalue weighted by Crippen LogP contribution is 2.28. The lowest BCUT2D eigenvalue weighted by Gasteiger charge is -2.08. The molecular formula is C12H12Br2O3. The molecule has 0 aromatic heterocycles. The van der Waals surface area contributed by atoms with Gasteiger partial charge in [0, 0.05) is 4.47 Å². The van der Waals surface area contributed by atoms with Crippen LogP contribution in [0.2, 0.25) is 0 Å². The second-order valence-electron chi connectivity index (χ2n) is 3.48. The van der Waals surface area contributed by atoms with Gasteiger partial charge in [-0.15, -0.1) is 0 Å². The maximum absolute atomic E-state index is 11.3. The molecule has 0 heterocycles. The molecule has 92 valence electrons. The van der Waals surface area contributed by atoms with Gasteiger partial charge in [-0.1, -0.05) is 22.5 Å². The molecule has 0 aliphatic carbocycles. The summed E-state index contributed by atoms with van der Waals surface area (Å²) in [5, 5.41) is 0. The molecule has 5 heteroatoms. The Morgan fingerprint density at radius 1 is 1.35 bits per heavy atom. The summed E-state index contributed by atoms with van der Waals surface area (Å²) in [6.07, 6.45) is 0. The number of hydrogen-bond donors (Lipinski definition) is 0. The van der Waals surface area contributed by atoms with Crippen LogP contribution in [-0.4, -0.2) is 19.2 Å². The van der Waals surface area contributed by atoms with Crippen LogP contribution in [0, 0.1) is 0 Å². The monoisotopic (exact) mass is 362 g/mol. The Morgan fingerprint density at radius 3 is 2.65 bits per heavy atom. The predicted molar refractivity (Wildman–Crippen MR) is 73.1 cm³/mol. The van der Waals surface area contributed by atoms with Crippen molar-refractivity contribution in [3.8, 4) is 5.75 Å². The summed E-state index contributed by atoms with van der Waals surface area (Å²) in [5.41, 5.74) is 0.795. The maximum atomic E-state index is 11.3. The second-order valence-corrected chi connectivity index (χ2v) is 5.25. The molecule has 0 amide bonds. The molecule has 0 N–H and O–H groups in total. The summed E-state index contributed by atoms with van der Waals surface area (Å²) in [6, 6.07) is 5.44. The van der Waals surface area contributed by atoms with E-state index < -0.39 is 5.97 Å². The number of rotatable bonds is 5. The Bertz CT molecular complexity index is 430. The Morgan fingerprint density at radius 2 is 2.06 bits per heavy atom. The summed E-state index contributed by atoms with van der Waals surface area (Å²) in [4.78, 5) is 11.3. The zero-order chi connectivity index (χ0) is 12.8. The van der Waals surface area contributed by atoms with Crippen LogP contribution in [-0.2, 0) is 9.53 Å². The van der Waals surface area contributed by atoms with Crippen molar-refractivity contribution in [3.05, 3.63) is 39.3 Å². The summed E-state index contributed by atoms with van der Waals surface area (Å²) in [6.45, 7) is 5.54. The first-order chi connectivity index (χ1) is 7.99. The zero-order valence-corrected chi connectivity index (χ0v) is 12.5. The van der Waals surface area contributed by atoms with Crippen molar-refractivity contribution in [2.24, 2.45) is 0 Å². The van der Waals surface area contributed by atoms with Crippen LogP contribution in [0.4, 0.5) is 0 Å². The van der Waals surface area contributed by atoms with E-state index in [2.05, 4.69) is 38.4 Å². The van der Waals surface area contributed by atoms with Crippen LogP contribution in [0.25, 0.3) is 0 Å². The third-order valence-electron chi connectivity index (χ3n) is 1.72. The summed E-state index contributed by atoms with van der Waals surface area (Å²) in [7, 11) is 0. The summed E-state index contributed by atoms with van der Waals surface area (Å²) in [5.74, 6) is 0.184. The largest absolute Gasteiger partial charge is 0.481 e. The molecule has 0 aliphatic heterocycles. The minimum absolute atomic E-state index is 0.118. The fourth-order valence-corrected chi connectivity index (χ4v) is 2.14. The molecule has 1 aromatic carbocycles. The molecule has 0 unspecified atom stereocenters. The van der Waals surface area contributed by atoms with E-state index in [4.69, 9.17) is 9.47 Å². The van der Waals surface area contributed by atoms with Crippen LogP contribution < -0.4 is 4.74 Å².